The summed E-state index contributed by atoms with van der Waals surface area (Å²) in [6, 6.07) is 10.3. The highest BCUT2D eigenvalue weighted by Crippen LogP contribution is 2.31. The highest BCUT2D eigenvalue weighted by molar-refractivity contribution is 7.91. The summed E-state index contributed by atoms with van der Waals surface area (Å²) in [5.41, 5.74) is -0.473. The molecule has 0 aliphatic heterocycles. The van der Waals surface area contributed by atoms with Crippen molar-refractivity contribution in [3.8, 4) is 0 Å². The molecule has 0 saturated carbocycles. The Morgan fingerprint density at radius 1 is 1.03 bits per heavy atom. The van der Waals surface area contributed by atoms with E-state index < -0.39 is 26.6 Å². The minimum Gasteiger partial charge on any atom is -0.347 e. The van der Waals surface area contributed by atoms with Gasteiger partial charge in [-0.25, -0.2) is 13.4 Å². The van der Waals surface area contributed by atoms with E-state index in [1.54, 1.807) is 24.5 Å². The lowest BCUT2D eigenvalue weighted by Crippen LogP contribution is -2.21. The first-order valence-corrected chi connectivity index (χ1v) is 11.4. The van der Waals surface area contributed by atoms with Crippen LogP contribution in [0.2, 0.25) is 0 Å². The number of carbonyl (C=O) groups is 1. The van der Waals surface area contributed by atoms with Gasteiger partial charge in [-0.1, -0.05) is 12.1 Å². The maximum absolute atomic E-state index is 12.9. The third kappa shape index (κ3) is 4.48. The normalized spacial score (nSPS) is 12.1. The average molecular weight is 477 g/mol. The summed E-state index contributed by atoms with van der Waals surface area (Å²) >= 11 is 1.31. The molecule has 4 rings (SSSR count). The predicted molar refractivity (Wildman–Crippen MR) is 112 cm³/mol. The molecule has 0 unspecified atom stereocenters. The third-order valence-electron chi connectivity index (χ3n) is 4.57. The Morgan fingerprint density at radius 3 is 2.47 bits per heavy atom. The summed E-state index contributed by atoms with van der Waals surface area (Å²) in [6.45, 7) is 0.146. The number of hydrogen-bond acceptors (Lipinski definition) is 6. The van der Waals surface area contributed by atoms with Gasteiger partial charge in [0, 0.05) is 25.1 Å². The van der Waals surface area contributed by atoms with Crippen LogP contribution < -0.4 is 5.32 Å². The van der Waals surface area contributed by atoms with Crippen LogP contribution in [-0.4, -0.2) is 24.3 Å². The van der Waals surface area contributed by atoms with Crippen molar-refractivity contribution in [2.45, 2.75) is 22.6 Å². The minimum absolute atomic E-state index is 0.146. The summed E-state index contributed by atoms with van der Waals surface area (Å²) in [5, 5.41) is 2.98. The van der Waals surface area contributed by atoms with E-state index in [0.717, 1.165) is 16.3 Å². The Labute approximate surface area is 184 Å². The number of benzene rings is 1. The molecule has 164 valence electrons. The number of alkyl halides is 3. The highest BCUT2D eigenvalue weighted by atomic mass is 32.2. The lowest BCUT2D eigenvalue weighted by Gasteiger charge is -2.09. The van der Waals surface area contributed by atoms with Crippen LogP contribution in [0.3, 0.4) is 0 Å². The van der Waals surface area contributed by atoms with E-state index in [4.69, 9.17) is 0 Å². The molecular formula is C21H14F3N3O3S2. The number of carbonyl (C=O) groups excluding carboxylic acids is 1. The fraction of sp³-hybridized carbons (Fsp3) is 0.0952. The summed E-state index contributed by atoms with van der Waals surface area (Å²) in [6.07, 6.45) is -0.555. The first kappa shape index (κ1) is 21.9. The number of rotatable bonds is 5. The zero-order valence-electron chi connectivity index (χ0n) is 16.1. The van der Waals surface area contributed by atoms with Gasteiger partial charge in [0.2, 0.25) is 9.84 Å². The smallest absolute Gasteiger partial charge is 0.347 e. The summed E-state index contributed by atoms with van der Waals surface area (Å²) in [7, 11) is -4.23. The quantitative estimate of drug-likeness (QED) is 0.458. The van der Waals surface area contributed by atoms with Gasteiger partial charge in [-0.3, -0.25) is 9.78 Å². The molecule has 0 spiro atoms. The van der Waals surface area contributed by atoms with Crippen molar-refractivity contribution in [2.24, 2.45) is 0 Å². The fourth-order valence-corrected chi connectivity index (χ4v) is 5.07. The van der Waals surface area contributed by atoms with Crippen LogP contribution in [0.1, 0.15) is 20.8 Å². The van der Waals surface area contributed by atoms with Crippen LogP contribution in [0.15, 0.2) is 77.0 Å². The molecule has 11 heteroatoms. The van der Waals surface area contributed by atoms with Crippen molar-refractivity contribution < 1.29 is 26.4 Å². The van der Waals surface area contributed by atoms with Gasteiger partial charge >= 0.3 is 6.18 Å². The minimum atomic E-state index is -4.68. The Bertz CT molecular complexity index is 1370. The van der Waals surface area contributed by atoms with Gasteiger partial charge in [-0.15, -0.1) is 11.3 Å². The van der Waals surface area contributed by atoms with Crippen LogP contribution >= 0.6 is 11.3 Å². The molecule has 6 nitrogen and oxygen atoms in total. The second kappa shape index (κ2) is 8.32. The summed E-state index contributed by atoms with van der Waals surface area (Å²) in [4.78, 5) is 20.3. The Hall–Kier alpha value is -3.31. The summed E-state index contributed by atoms with van der Waals surface area (Å²) in [5.74, 6) is -0.281. The number of nitrogens with zero attached hydrogens (tertiary/aromatic N) is 2. The van der Waals surface area contributed by atoms with Gasteiger partial charge < -0.3 is 5.32 Å². The van der Waals surface area contributed by atoms with E-state index in [9.17, 15) is 26.4 Å². The molecule has 1 aromatic carbocycles. The number of amides is 1. The number of nitrogens with one attached hydrogen (secondary N) is 1. The molecule has 0 saturated heterocycles. The highest BCUT2D eigenvalue weighted by Gasteiger charge is 2.32. The third-order valence-corrected chi connectivity index (χ3v) is 7.32. The van der Waals surface area contributed by atoms with Crippen LogP contribution in [-0.2, 0) is 22.6 Å². The SMILES string of the molecule is O=C(NCc1ccc(S(=O)(=O)c2cc(C(F)(F)F)ccn2)cc1)c1cc2ccncc2s1. The molecule has 3 heterocycles. The number of fused-ring (bicyclic) bond motifs is 1. The van der Waals surface area contributed by atoms with Crippen LogP contribution in [0.4, 0.5) is 13.2 Å². The first-order chi connectivity index (χ1) is 15.1. The van der Waals surface area contributed by atoms with E-state index in [1.807, 2.05) is 0 Å². The zero-order valence-corrected chi connectivity index (χ0v) is 17.8. The molecule has 0 atom stereocenters. The van der Waals surface area contributed by atoms with E-state index in [1.165, 1.54) is 35.6 Å². The van der Waals surface area contributed by atoms with Gasteiger partial charge in [0.25, 0.3) is 5.91 Å². The zero-order chi connectivity index (χ0) is 22.9. The second-order valence-electron chi connectivity index (χ2n) is 6.73. The maximum atomic E-state index is 12.9. The lowest BCUT2D eigenvalue weighted by molar-refractivity contribution is -0.137. The largest absolute Gasteiger partial charge is 0.416 e. The van der Waals surface area contributed by atoms with Gasteiger partial charge in [0.15, 0.2) is 5.03 Å². The molecule has 0 bridgehead atoms. The Kier molecular flexibility index (Phi) is 5.70. The number of thiophene rings is 1. The Morgan fingerprint density at radius 2 is 1.78 bits per heavy atom. The van der Waals surface area contributed by atoms with Crippen molar-refractivity contribution in [3.63, 3.8) is 0 Å². The van der Waals surface area contributed by atoms with Crippen molar-refractivity contribution >= 4 is 37.2 Å². The monoisotopic (exact) mass is 477 g/mol. The maximum Gasteiger partial charge on any atom is 0.416 e. The van der Waals surface area contributed by atoms with E-state index in [2.05, 4.69) is 15.3 Å². The van der Waals surface area contributed by atoms with Crippen molar-refractivity contribution in [2.75, 3.05) is 0 Å². The molecule has 1 N–H and O–H groups in total. The molecule has 3 aromatic heterocycles. The number of hydrogen-bond donors (Lipinski definition) is 1. The molecule has 0 aliphatic carbocycles. The number of pyridine rings is 2. The predicted octanol–water partition coefficient (Wildman–Crippen LogP) is 4.47. The molecule has 0 aliphatic rings. The van der Waals surface area contributed by atoms with Gasteiger partial charge in [-0.2, -0.15) is 13.2 Å². The van der Waals surface area contributed by atoms with Gasteiger partial charge in [-0.05, 0) is 47.3 Å². The molecule has 1 amide bonds. The topological polar surface area (TPSA) is 89.0 Å². The molecular weight excluding hydrogens is 463 g/mol. The second-order valence-corrected chi connectivity index (χ2v) is 9.72. The molecule has 0 fully saturated rings. The van der Waals surface area contributed by atoms with E-state index >= 15 is 0 Å². The van der Waals surface area contributed by atoms with Crippen LogP contribution in [0.5, 0.6) is 0 Å². The standard InChI is InChI=1S/C21H14F3N3O3S2/c22-21(23,24)15-6-8-26-19(10-15)32(29,30)16-3-1-13(2-4-16)11-27-20(28)17-9-14-5-7-25-12-18(14)31-17/h1-10,12H,11H2,(H,27,28). The van der Waals surface area contributed by atoms with Gasteiger partial charge in [0.05, 0.1) is 20.0 Å². The fourth-order valence-electron chi connectivity index (χ4n) is 2.91. The van der Waals surface area contributed by atoms with E-state index in [0.29, 0.717) is 22.6 Å². The van der Waals surface area contributed by atoms with Crippen LogP contribution in [0, 0.1) is 0 Å². The molecule has 32 heavy (non-hydrogen) atoms. The average Bonchev–Trinajstić information content (AvgIpc) is 3.22. The lowest BCUT2D eigenvalue weighted by atomic mass is 10.2. The molecule has 4 aromatic rings. The first-order valence-electron chi connectivity index (χ1n) is 9.13. The number of halogens is 3. The Balaban J connectivity index is 1.47. The molecule has 0 radical (unpaired) electrons. The summed E-state index contributed by atoms with van der Waals surface area (Å²) < 4.78 is 64.9. The van der Waals surface area contributed by atoms with Crippen molar-refractivity contribution in [1.82, 2.24) is 15.3 Å². The van der Waals surface area contributed by atoms with Gasteiger partial charge in [0.1, 0.15) is 0 Å². The van der Waals surface area contributed by atoms with Crippen LogP contribution in [0.25, 0.3) is 10.1 Å². The van der Waals surface area contributed by atoms with E-state index in [-0.39, 0.29) is 17.3 Å². The van der Waals surface area contributed by atoms with Crippen molar-refractivity contribution in [3.05, 3.63) is 83.1 Å². The van der Waals surface area contributed by atoms with Crippen molar-refractivity contribution in [1.29, 1.82) is 0 Å². The number of sulfone groups is 1. The number of aromatic nitrogens is 2.